The van der Waals surface area contributed by atoms with E-state index in [1.165, 1.54) is 18.2 Å². The Morgan fingerprint density at radius 3 is 2.53 bits per heavy atom. The van der Waals surface area contributed by atoms with Gasteiger partial charge in [0.1, 0.15) is 5.82 Å². The molecular formula is C23H27ClFN3O2. The highest BCUT2D eigenvalue weighted by molar-refractivity contribution is 6.31. The van der Waals surface area contributed by atoms with Crippen LogP contribution in [0.4, 0.5) is 4.39 Å². The van der Waals surface area contributed by atoms with Gasteiger partial charge < -0.3 is 15.1 Å². The monoisotopic (exact) mass is 431 g/mol. The van der Waals surface area contributed by atoms with E-state index < -0.39 is 5.82 Å². The van der Waals surface area contributed by atoms with Crippen molar-refractivity contribution in [2.24, 2.45) is 0 Å². The van der Waals surface area contributed by atoms with Gasteiger partial charge in [-0.05, 0) is 29.7 Å². The standard InChI is InChI=1S/C23H27ClFN3O2/c1-17(18-5-3-2-4-6-18)16-28(12-9-22(29)27-13-10-26-11-14-27)23(30)19-7-8-21(25)20(24)15-19/h2-8,15,17,26H,9-14,16H2,1H3/t17-/m0/s1. The van der Waals surface area contributed by atoms with Gasteiger partial charge in [-0.1, -0.05) is 48.9 Å². The summed E-state index contributed by atoms with van der Waals surface area (Å²) in [7, 11) is 0. The zero-order valence-electron chi connectivity index (χ0n) is 17.1. The first-order valence-electron chi connectivity index (χ1n) is 10.2. The lowest BCUT2D eigenvalue weighted by molar-refractivity contribution is -0.131. The lowest BCUT2D eigenvalue weighted by atomic mass is 10.00. The van der Waals surface area contributed by atoms with E-state index in [1.807, 2.05) is 42.2 Å². The Kier molecular flexibility index (Phi) is 7.82. The minimum Gasteiger partial charge on any atom is -0.340 e. The molecule has 0 aromatic heterocycles. The van der Waals surface area contributed by atoms with Gasteiger partial charge in [-0.25, -0.2) is 4.39 Å². The number of carbonyl (C=O) groups excluding carboxylic acids is 2. The summed E-state index contributed by atoms with van der Waals surface area (Å²) in [6, 6.07) is 13.9. The first kappa shape index (κ1) is 22.2. The van der Waals surface area contributed by atoms with Gasteiger partial charge in [0, 0.05) is 51.3 Å². The van der Waals surface area contributed by atoms with Gasteiger partial charge in [-0.15, -0.1) is 0 Å². The van der Waals surface area contributed by atoms with Crippen LogP contribution in [0.5, 0.6) is 0 Å². The highest BCUT2D eigenvalue weighted by atomic mass is 35.5. The number of hydrogen-bond donors (Lipinski definition) is 1. The van der Waals surface area contributed by atoms with Crippen molar-refractivity contribution >= 4 is 23.4 Å². The summed E-state index contributed by atoms with van der Waals surface area (Å²) >= 11 is 5.88. The Morgan fingerprint density at radius 1 is 1.17 bits per heavy atom. The number of piperazine rings is 1. The van der Waals surface area contributed by atoms with Crippen molar-refractivity contribution < 1.29 is 14.0 Å². The number of amides is 2. The predicted octanol–water partition coefficient (Wildman–Crippen LogP) is 3.55. The lowest BCUT2D eigenvalue weighted by Crippen LogP contribution is -2.47. The third-order valence-corrected chi connectivity index (χ3v) is 5.67. The first-order chi connectivity index (χ1) is 14.5. The number of benzene rings is 2. The van der Waals surface area contributed by atoms with Crippen LogP contribution < -0.4 is 5.32 Å². The summed E-state index contributed by atoms with van der Waals surface area (Å²) < 4.78 is 13.5. The molecule has 1 N–H and O–H groups in total. The molecule has 3 rings (SSSR count). The fraction of sp³-hybridized carbons (Fsp3) is 0.391. The molecule has 0 spiro atoms. The van der Waals surface area contributed by atoms with Crippen molar-refractivity contribution in [1.29, 1.82) is 0 Å². The molecule has 1 heterocycles. The van der Waals surface area contributed by atoms with Gasteiger partial charge in [-0.3, -0.25) is 9.59 Å². The van der Waals surface area contributed by atoms with Crippen LogP contribution in [0, 0.1) is 5.82 Å². The molecule has 0 saturated carbocycles. The number of halogens is 2. The molecule has 1 fully saturated rings. The average Bonchev–Trinajstić information content (AvgIpc) is 2.78. The molecule has 1 aliphatic rings. The van der Waals surface area contributed by atoms with Crippen LogP contribution in [-0.2, 0) is 4.79 Å². The van der Waals surface area contributed by atoms with Crippen molar-refractivity contribution in [2.75, 3.05) is 39.3 Å². The summed E-state index contributed by atoms with van der Waals surface area (Å²) in [4.78, 5) is 29.3. The van der Waals surface area contributed by atoms with Crippen LogP contribution in [0.25, 0.3) is 0 Å². The van der Waals surface area contributed by atoms with Gasteiger partial charge in [-0.2, -0.15) is 0 Å². The zero-order valence-corrected chi connectivity index (χ0v) is 17.9. The summed E-state index contributed by atoms with van der Waals surface area (Å²) in [5.41, 5.74) is 1.43. The van der Waals surface area contributed by atoms with Gasteiger partial charge in [0.25, 0.3) is 5.91 Å². The number of nitrogens with one attached hydrogen (secondary N) is 1. The van der Waals surface area contributed by atoms with E-state index in [2.05, 4.69) is 5.32 Å². The van der Waals surface area contributed by atoms with Crippen molar-refractivity contribution in [3.8, 4) is 0 Å². The molecule has 1 saturated heterocycles. The molecule has 160 valence electrons. The molecule has 2 aromatic carbocycles. The Bertz CT molecular complexity index is 872. The molecule has 30 heavy (non-hydrogen) atoms. The second-order valence-corrected chi connectivity index (χ2v) is 7.98. The van der Waals surface area contributed by atoms with Crippen molar-refractivity contribution in [2.45, 2.75) is 19.3 Å². The Hall–Kier alpha value is -2.44. The van der Waals surface area contributed by atoms with E-state index in [0.29, 0.717) is 31.7 Å². The van der Waals surface area contributed by atoms with Crippen LogP contribution in [0.2, 0.25) is 5.02 Å². The molecule has 0 radical (unpaired) electrons. The highest BCUT2D eigenvalue weighted by Crippen LogP contribution is 2.21. The van der Waals surface area contributed by atoms with Crippen LogP contribution in [0.1, 0.15) is 35.2 Å². The molecule has 0 bridgehead atoms. The molecule has 2 amide bonds. The van der Waals surface area contributed by atoms with Gasteiger partial charge in [0.2, 0.25) is 5.91 Å². The number of hydrogen-bond acceptors (Lipinski definition) is 3. The topological polar surface area (TPSA) is 52.7 Å². The first-order valence-corrected chi connectivity index (χ1v) is 10.6. The SMILES string of the molecule is C[C@@H](CN(CCC(=O)N1CCNCC1)C(=O)c1ccc(F)c(Cl)c1)c1ccccc1. The van der Waals surface area contributed by atoms with E-state index in [9.17, 15) is 14.0 Å². The molecule has 5 nitrogen and oxygen atoms in total. The van der Waals surface area contributed by atoms with Crippen molar-refractivity contribution in [3.05, 3.63) is 70.5 Å². The quantitative estimate of drug-likeness (QED) is 0.729. The molecule has 0 aliphatic carbocycles. The van der Waals surface area contributed by atoms with Gasteiger partial charge >= 0.3 is 0 Å². The number of nitrogens with zero attached hydrogens (tertiary/aromatic N) is 2. The fourth-order valence-electron chi connectivity index (χ4n) is 3.61. The largest absolute Gasteiger partial charge is 0.340 e. The van der Waals surface area contributed by atoms with Crippen LogP contribution in [-0.4, -0.2) is 60.9 Å². The second-order valence-electron chi connectivity index (χ2n) is 7.57. The third-order valence-electron chi connectivity index (χ3n) is 5.38. The molecule has 1 atom stereocenters. The lowest BCUT2D eigenvalue weighted by Gasteiger charge is -2.30. The fourth-order valence-corrected chi connectivity index (χ4v) is 3.79. The number of rotatable bonds is 7. The van der Waals surface area contributed by atoms with E-state index in [1.54, 1.807) is 4.90 Å². The Morgan fingerprint density at radius 2 is 1.87 bits per heavy atom. The van der Waals surface area contributed by atoms with Crippen LogP contribution in [0.3, 0.4) is 0 Å². The zero-order chi connectivity index (χ0) is 21.5. The van der Waals surface area contributed by atoms with Crippen molar-refractivity contribution in [3.63, 3.8) is 0 Å². The summed E-state index contributed by atoms with van der Waals surface area (Å²) in [5.74, 6) is -0.696. The second kappa shape index (κ2) is 10.5. The maximum Gasteiger partial charge on any atom is 0.253 e. The maximum absolute atomic E-state index is 13.5. The molecule has 2 aromatic rings. The maximum atomic E-state index is 13.5. The van der Waals surface area contributed by atoms with Crippen LogP contribution >= 0.6 is 11.6 Å². The summed E-state index contributed by atoms with van der Waals surface area (Å²) in [5, 5.41) is 3.14. The Labute approximate surface area is 181 Å². The molecule has 0 unspecified atom stereocenters. The van der Waals surface area contributed by atoms with E-state index in [-0.39, 0.29) is 29.2 Å². The van der Waals surface area contributed by atoms with Crippen molar-refractivity contribution in [1.82, 2.24) is 15.1 Å². The minimum atomic E-state index is -0.564. The van der Waals surface area contributed by atoms with E-state index >= 15 is 0 Å². The van der Waals surface area contributed by atoms with Gasteiger partial charge in [0.05, 0.1) is 5.02 Å². The molecule has 7 heteroatoms. The average molecular weight is 432 g/mol. The van der Waals surface area contributed by atoms with E-state index in [0.717, 1.165) is 18.7 Å². The summed E-state index contributed by atoms with van der Waals surface area (Å²) in [6.45, 7) is 5.73. The van der Waals surface area contributed by atoms with Crippen LogP contribution in [0.15, 0.2) is 48.5 Å². The predicted molar refractivity (Wildman–Crippen MR) is 116 cm³/mol. The molecule has 1 aliphatic heterocycles. The summed E-state index contributed by atoms with van der Waals surface area (Å²) in [6.07, 6.45) is 0.252. The smallest absolute Gasteiger partial charge is 0.253 e. The highest BCUT2D eigenvalue weighted by Gasteiger charge is 2.23. The van der Waals surface area contributed by atoms with E-state index in [4.69, 9.17) is 11.6 Å². The minimum absolute atomic E-state index is 0.0406. The molecular weight excluding hydrogens is 405 g/mol. The number of carbonyl (C=O) groups is 2. The van der Waals surface area contributed by atoms with Gasteiger partial charge in [0.15, 0.2) is 0 Å². The Balaban J connectivity index is 1.73. The third kappa shape index (κ3) is 5.80. The normalized spacial score (nSPS) is 15.0.